The smallest absolute Gasteiger partial charge is 0.198 e. The molecule has 0 saturated heterocycles. The molecule has 0 fully saturated rings. The minimum Gasteiger partial charge on any atom is -0.449 e. The van der Waals surface area contributed by atoms with Gasteiger partial charge in [-0.25, -0.2) is 0 Å². The number of allylic oxidation sites excluding steroid dienone is 2. The molecule has 0 saturated carbocycles. The zero-order valence-electron chi connectivity index (χ0n) is 15.4. The molecule has 0 spiro atoms. The molecule has 0 aromatic rings. The molecule has 124 valence electrons. The average Bonchev–Trinajstić information content (AvgIpc) is 2.36. The summed E-state index contributed by atoms with van der Waals surface area (Å²) in [7, 11) is -3.29. The summed E-state index contributed by atoms with van der Waals surface area (Å²) in [6.07, 6.45) is 15.1. The first-order chi connectivity index (χ1) is 9.83. The summed E-state index contributed by atoms with van der Waals surface area (Å²) in [6.45, 7) is 13.8. The molecule has 0 aliphatic rings. The van der Waals surface area contributed by atoms with Gasteiger partial charge in [-0.1, -0.05) is 63.1 Å². The average molecular weight is 327 g/mol. The van der Waals surface area contributed by atoms with Crippen molar-refractivity contribution in [2.45, 2.75) is 91.4 Å². The van der Waals surface area contributed by atoms with Gasteiger partial charge < -0.3 is 4.12 Å². The van der Waals surface area contributed by atoms with Crippen LogP contribution in [0.3, 0.4) is 0 Å². The van der Waals surface area contributed by atoms with Crippen LogP contribution >= 0.6 is 0 Å². The summed E-state index contributed by atoms with van der Waals surface area (Å²) in [5.74, 6) is 0. The largest absolute Gasteiger partial charge is 0.449 e. The Hall–Kier alpha value is -0.126. The quantitative estimate of drug-likeness (QED) is 0.284. The van der Waals surface area contributed by atoms with Crippen LogP contribution in [0.2, 0.25) is 26.2 Å². The van der Waals surface area contributed by atoms with E-state index < -0.39 is 16.6 Å². The first-order valence-corrected chi connectivity index (χ1v) is 14.9. The van der Waals surface area contributed by atoms with Gasteiger partial charge in [-0.3, -0.25) is 0 Å². The zero-order valence-corrected chi connectivity index (χ0v) is 17.4. The van der Waals surface area contributed by atoms with Crippen molar-refractivity contribution in [3.8, 4) is 0 Å². The lowest BCUT2D eigenvalue weighted by Crippen LogP contribution is -2.42. The molecule has 0 N–H and O–H groups in total. The van der Waals surface area contributed by atoms with E-state index in [1.54, 1.807) is 0 Å². The highest BCUT2D eigenvalue weighted by atomic mass is 28.4. The lowest BCUT2D eigenvalue weighted by Gasteiger charge is -2.29. The number of hydrogen-bond donors (Lipinski definition) is 0. The maximum Gasteiger partial charge on any atom is 0.198 e. The maximum absolute atomic E-state index is 6.54. The molecule has 0 amide bonds. The van der Waals surface area contributed by atoms with Gasteiger partial charge in [0.2, 0.25) is 0 Å². The number of unbranched alkanes of at least 4 members (excludes halogenated alkanes) is 6. The van der Waals surface area contributed by atoms with Gasteiger partial charge in [0.25, 0.3) is 0 Å². The van der Waals surface area contributed by atoms with E-state index in [0.29, 0.717) is 0 Å². The van der Waals surface area contributed by atoms with Gasteiger partial charge in [-0.2, -0.15) is 0 Å². The fourth-order valence-corrected chi connectivity index (χ4v) is 9.94. The van der Waals surface area contributed by atoms with Crippen molar-refractivity contribution in [2.75, 3.05) is 0 Å². The molecule has 3 heteroatoms. The Morgan fingerprint density at radius 3 is 1.38 bits per heavy atom. The number of hydrogen-bond acceptors (Lipinski definition) is 1. The van der Waals surface area contributed by atoms with Crippen molar-refractivity contribution in [2.24, 2.45) is 0 Å². The third-order valence-corrected chi connectivity index (χ3v) is 9.80. The lowest BCUT2D eigenvalue weighted by atomic mass is 10.2. The van der Waals surface area contributed by atoms with E-state index >= 15 is 0 Å². The van der Waals surface area contributed by atoms with Crippen LogP contribution in [0.1, 0.15) is 65.2 Å². The Balaban J connectivity index is 4.20. The molecule has 0 rings (SSSR count). The van der Waals surface area contributed by atoms with Gasteiger partial charge in [0.15, 0.2) is 16.6 Å². The Bertz CT molecular complexity index is 276. The second-order valence-corrected chi connectivity index (χ2v) is 15.0. The SMILES string of the molecule is CCCCC/C=C/[Si](C)(C)O[Si](C)(C)/C=C/CCCCC. The van der Waals surface area contributed by atoms with Crippen molar-refractivity contribution in [3.05, 3.63) is 23.6 Å². The third kappa shape index (κ3) is 13.3. The summed E-state index contributed by atoms with van der Waals surface area (Å²) in [4.78, 5) is 0. The Labute approximate surface area is 136 Å². The minimum absolute atomic E-state index is 1.21. The minimum atomic E-state index is -1.64. The molecule has 0 aliphatic heterocycles. The fraction of sp³-hybridized carbons (Fsp3) is 0.778. The first-order valence-electron chi connectivity index (χ1n) is 8.88. The molecule has 0 heterocycles. The Morgan fingerprint density at radius 1 is 0.667 bits per heavy atom. The number of rotatable bonds is 12. The van der Waals surface area contributed by atoms with Crippen molar-refractivity contribution in [1.29, 1.82) is 0 Å². The first kappa shape index (κ1) is 20.9. The van der Waals surface area contributed by atoms with Crippen LogP contribution in [0.25, 0.3) is 0 Å². The van der Waals surface area contributed by atoms with Crippen LogP contribution in [0.4, 0.5) is 0 Å². The molecular weight excluding hydrogens is 288 g/mol. The van der Waals surface area contributed by atoms with Crippen LogP contribution in [-0.2, 0) is 4.12 Å². The van der Waals surface area contributed by atoms with Crippen LogP contribution in [-0.4, -0.2) is 16.6 Å². The molecule has 21 heavy (non-hydrogen) atoms. The van der Waals surface area contributed by atoms with Crippen LogP contribution in [0.15, 0.2) is 23.6 Å². The Morgan fingerprint density at radius 2 is 1.05 bits per heavy atom. The predicted octanol–water partition coefficient (Wildman–Crippen LogP) is 6.76. The van der Waals surface area contributed by atoms with Crippen molar-refractivity contribution < 1.29 is 4.12 Å². The molecule has 0 atom stereocenters. The molecule has 0 bridgehead atoms. The topological polar surface area (TPSA) is 9.23 Å². The van der Waals surface area contributed by atoms with Crippen LogP contribution in [0.5, 0.6) is 0 Å². The van der Waals surface area contributed by atoms with E-state index in [4.69, 9.17) is 4.12 Å². The summed E-state index contributed by atoms with van der Waals surface area (Å²) in [5.41, 5.74) is 4.78. The Kier molecular flexibility index (Phi) is 11.4. The van der Waals surface area contributed by atoms with Gasteiger partial charge in [0.1, 0.15) is 0 Å². The van der Waals surface area contributed by atoms with E-state index in [1.165, 1.54) is 51.4 Å². The normalized spacial score (nSPS) is 13.6. The predicted molar refractivity (Wildman–Crippen MR) is 103 cm³/mol. The van der Waals surface area contributed by atoms with Crippen molar-refractivity contribution in [1.82, 2.24) is 0 Å². The highest BCUT2D eigenvalue weighted by Crippen LogP contribution is 2.18. The van der Waals surface area contributed by atoms with E-state index in [9.17, 15) is 0 Å². The molecule has 0 aromatic heterocycles. The third-order valence-electron chi connectivity index (χ3n) is 3.51. The molecule has 1 nitrogen and oxygen atoms in total. The van der Waals surface area contributed by atoms with Crippen LogP contribution in [0, 0.1) is 0 Å². The lowest BCUT2D eigenvalue weighted by molar-refractivity contribution is 0.570. The fourth-order valence-electron chi connectivity index (χ4n) is 2.50. The molecule has 0 unspecified atom stereocenters. The highest BCUT2D eigenvalue weighted by molar-refractivity contribution is 6.89. The van der Waals surface area contributed by atoms with Crippen molar-refractivity contribution >= 4 is 16.6 Å². The van der Waals surface area contributed by atoms with Gasteiger partial charge in [-0.15, -0.1) is 0 Å². The summed E-state index contributed by atoms with van der Waals surface area (Å²) < 4.78 is 6.54. The van der Waals surface area contributed by atoms with Gasteiger partial charge in [0.05, 0.1) is 0 Å². The molecular formula is C18H38OSi2. The maximum atomic E-state index is 6.54. The van der Waals surface area contributed by atoms with E-state index in [-0.39, 0.29) is 0 Å². The zero-order chi connectivity index (χ0) is 16.2. The van der Waals surface area contributed by atoms with Gasteiger partial charge in [-0.05, 0) is 51.9 Å². The van der Waals surface area contributed by atoms with Crippen molar-refractivity contribution in [3.63, 3.8) is 0 Å². The standard InChI is InChI=1S/C18H38OSi2/c1-7-9-11-13-15-17-20(3,4)19-21(5,6)18-16-14-12-10-8-2/h15-18H,7-14H2,1-6H3/b17-15+,18-16+. The summed E-state index contributed by atoms with van der Waals surface area (Å²) >= 11 is 0. The second kappa shape index (κ2) is 11.4. The molecule has 0 aromatic carbocycles. The summed E-state index contributed by atoms with van der Waals surface area (Å²) in [6, 6.07) is 0. The van der Waals surface area contributed by atoms with Gasteiger partial charge in [0, 0.05) is 0 Å². The molecule has 0 radical (unpaired) electrons. The summed E-state index contributed by atoms with van der Waals surface area (Å²) in [5, 5.41) is 0. The van der Waals surface area contributed by atoms with E-state index in [1.807, 2.05) is 0 Å². The molecule has 0 aliphatic carbocycles. The van der Waals surface area contributed by atoms with E-state index in [2.05, 4.69) is 63.6 Å². The van der Waals surface area contributed by atoms with E-state index in [0.717, 1.165) is 0 Å². The second-order valence-electron chi connectivity index (χ2n) is 7.11. The van der Waals surface area contributed by atoms with Crippen LogP contribution < -0.4 is 0 Å². The van der Waals surface area contributed by atoms with Gasteiger partial charge >= 0.3 is 0 Å². The monoisotopic (exact) mass is 326 g/mol. The highest BCUT2D eigenvalue weighted by Gasteiger charge is 2.28.